The van der Waals surface area contributed by atoms with E-state index in [1.807, 2.05) is 48.7 Å². The normalized spacial score (nSPS) is 13.9. The number of carbonyl (C=O) groups is 2. The molecule has 4 aromatic rings. The standard InChI is InChI=1S/C31H30N2O2/c1-3-5-6-10-24(4-2)33-30(34)27-12-7-11-26-25(17-18-28(29(26)27)31(33)35)22-15-13-21(14-16-22)23-9-8-19-32-20-23/h7-9,11-20,24H,3-6,10H2,1-2H3. The molecule has 2 amide bonds. The zero-order valence-corrected chi connectivity index (χ0v) is 20.3. The molecule has 4 nitrogen and oxygen atoms in total. The van der Waals surface area contributed by atoms with Crippen molar-refractivity contribution in [1.82, 2.24) is 9.88 Å². The molecule has 0 radical (unpaired) electrons. The summed E-state index contributed by atoms with van der Waals surface area (Å²) in [7, 11) is 0. The molecule has 1 aliphatic heterocycles. The van der Waals surface area contributed by atoms with Gasteiger partial charge in [0.25, 0.3) is 11.8 Å². The topological polar surface area (TPSA) is 50.3 Å². The van der Waals surface area contributed by atoms with Gasteiger partial charge in [-0.2, -0.15) is 0 Å². The van der Waals surface area contributed by atoms with Crippen LogP contribution in [0.3, 0.4) is 0 Å². The molecule has 1 atom stereocenters. The average Bonchev–Trinajstić information content (AvgIpc) is 2.91. The van der Waals surface area contributed by atoms with Crippen LogP contribution in [0.25, 0.3) is 33.0 Å². The fourth-order valence-electron chi connectivity index (χ4n) is 5.22. The van der Waals surface area contributed by atoms with Crippen molar-refractivity contribution in [3.8, 4) is 22.3 Å². The van der Waals surface area contributed by atoms with E-state index in [1.54, 1.807) is 6.20 Å². The summed E-state index contributed by atoms with van der Waals surface area (Å²) in [6.07, 6.45) is 8.50. The van der Waals surface area contributed by atoms with Crippen LogP contribution in [-0.2, 0) is 0 Å². The molecule has 35 heavy (non-hydrogen) atoms. The monoisotopic (exact) mass is 462 g/mol. The molecule has 176 valence electrons. The molecule has 0 spiro atoms. The van der Waals surface area contributed by atoms with Crippen molar-refractivity contribution in [2.24, 2.45) is 0 Å². The molecular formula is C31H30N2O2. The molecule has 2 heterocycles. The molecule has 3 aromatic carbocycles. The summed E-state index contributed by atoms with van der Waals surface area (Å²) in [4.78, 5) is 32.9. The zero-order valence-electron chi connectivity index (χ0n) is 20.3. The highest BCUT2D eigenvalue weighted by atomic mass is 16.2. The molecule has 0 N–H and O–H groups in total. The van der Waals surface area contributed by atoms with Gasteiger partial charge in [-0.15, -0.1) is 0 Å². The maximum atomic E-state index is 13.6. The third-order valence-electron chi connectivity index (χ3n) is 7.11. The number of rotatable bonds is 8. The van der Waals surface area contributed by atoms with E-state index in [9.17, 15) is 9.59 Å². The van der Waals surface area contributed by atoms with Crippen molar-refractivity contribution >= 4 is 22.6 Å². The highest BCUT2D eigenvalue weighted by Gasteiger charge is 2.36. The number of carbonyl (C=O) groups excluding carboxylic acids is 2. The number of amides is 2. The van der Waals surface area contributed by atoms with Crippen molar-refractivity contribution in [3.05, 3.63) is 90.3 Å². The minimum absolute atomic E-state index is 0.0651. The van der Waals surface area contributed by atoms with Gasteiger partial charge in [0, 0.05) is 34.9 Å². The zero-order chi connectivity index (χ0) is 24.4. The summed E-state index contributed by atoms with van der Waals surface area (Å²) >= 11 is 0. The lowest BCUT2D eigenvalue weighted by Gasteiger charge is -2.34. The summed E-state index contributed by atoms with van der Waals surface area (Å²) in [5, 5.41) is 1.71. The number of aromatic nitrogens is 1. The quantitative estimate of drug-likeness (QED) is 0.201. The summed E-state index contributed by atoms with van der Waals surface area (Å²) in [6, 6.07) is 22.0. The number of pyridine rings is 1. The number of hydrogen-bond acceptors (Lipinski definition) is 3. The van der Waals surface area contributed by atoms with Crippen LogP contribution in [0.15, 0.2) is 79.1 Å². The molecule has 0 fully saturated rings. The van der Waals surface area contributed by atoms with Crippen LogP contribution in [0.4, 0.5) is 0 Å². The van der Waals surface area contributed by atoms with E-state index in [0.29, 0.717) is 11.1 Å². The molecule has 0 aliphatic carbocycles. The third-order valence-corrected chi connectivity index (χ3v) is 7.11. The Morgan fingerprint density at radius 2 is 1.46 bits per heavy atom. The molecule has 5 rings (SSSR count). The van der Waals surface area contributed by atoms with Gasteiger partial charge in [-0.1, -0.05) is 81.6 Å². The van der Waals surface area contributed by atoms with E-state index in [4.69, 9.17) is 0 Å². The van der Waals surface area contributed by atoms with Gasteiger partial charge >= 0.3 is 0 Å². The summed E-state index contributed by atoms with van der Waals surface area (Å²) < 4.78 is 0. The van der Waals surface area contributed by atoms with Crippen LogP contribution in [0.2, 0.25) is 0 Å². The van der Waals surface area contributed by atoms with Crippen LogP contribution < -0.4 is 0 Å². The fraction of sp³-hybridized carbons (Fsp3) is 0.258. The smallest absolute Gasteiger partial charge is 0.261 e. The van der Waals surface area contributed by atoms with Crippen molar-refractivity contribution in [1.29, 1.82) is 0 Å². The third kappa shape index (κ3) is 4.14. The lowest BCUT2D eigenvalue weighted by atomic mass is 9.87. The van der Waals surface area contributed by atoms with Crippen molar-refractivity contribution in [2.75, 3.05) is 0 Å². The van der Waals surface area contributed by atoms with Crippen LogP contribution in [0.5, 0.6) is 0 Å². The van der Waals surface area contributed by atoms with Crippen molar-refractivity contribution < 1.29 is 9.59 Å². The van der Waals surface area contributed by atoms with E-state index >= 15 is 0 Å². The highest BCUT2D eigenvalue weighted by molar-refractivity contribution is 6.27. The maximum absolute atomic E-state index is 13.6. The van der Waals surface area contributed by atoms with Crippen LogP contribution >= 0.6 is 0 Å². The Bertz CT molecular complexity index is 1350. The number of benzene rings is 3. The molecule has 1 unspecified atom stereocenters. The van der Waals surface area contributed by atoms with Gasteiger partial charge < -0.3 is 0 Å². The Morgan fingerprint density at radius 3 is 2.14 bits per heavy atom. The first kappa shape index (κ1) is 23.0. The fourth-order valence-corrected chi connectivity index (χ4v) is 5.22. The first-order chi connectivity index (χ1) is 17.1. The van der Waals surface area contributed by atoms with Gasteiger partial charge in [-0.25, -0.2) is 0 Å². The Labute approximate surface area is 206 Å². The van der Waals surface area contributed by atoms with Gasteiger partial charge in [0.2, 0.25) is 0 Å². The minimum Gasteiger partial charge on any atom is -0.271 e. The molecule has 0 saturated carbocycles. The molecular weight excluding hydrogens is 432 g/mol. The van der Waals surface area contributed by atoms with Gasteiger partial charge in [0.15, 0.2) is 0 Å². The predicted molar refractivity (Wildman–Crippen MR) is 141 cm³/mol. The van der Waals surface area contributed by atoms with E-state index < -0.39 is 0 Å². The van der Waals surface area contributed by atoms with E-state index in [0.717, 1.165) is 65.1 Å². The SMILES string of the molecule is CCCCCC(CC)N1C(=O)c2cccc3c(-c4ccc(-c5cccnc5)cc4)ccc(c23)C1=O. The predicted octanol–water partition coefficient (Wildman–Crippen LogP) is 7.52. The second kappa shape index (κ2) is 9.83. The summed E-state index contributed by atoms with van der Waals surface area (Å²) in [6.45, 7) is 4.23. The van der Waals surface area contributed by atoms with Crippen molar-refractivity contribution in [2.45, 2.75) is 52.0 Å². The van der Waals surface area contributed by atoms with Crippen molar-refractivity contribution in [3.63, 3.8) is 0 Å². The Balaban J connectivity index is 1.55. The average molecular weight is 463 g/mol. The van der Waals surface area contributed by atoms with Crippen LogP contribution in [0.1, 0.15) is 66.7 Å². The second-order valence-electron chi connectivity index (χ2n) is 9.25. The number of hydrogen-bond donors (Lipinski definition) is 0. The molecule has 1 aromatic heterocycles. The van der Waals surface area contributed by atoms with E-state index in [2.05, 4.69) is 43.1 Å². The van der Waals surface area contributed by atoms with Gasteiger partial charge in [-0.05, 0) is 58.7 Å². The van der Waals surface area contributed by atoms with Gasteiger partial charge in [-0.3, -0.25) is 19.5 Å². The molecule has 0 saturated heterocycles. The Kier molecular flexibility index (Phi) is 6.45. The lowest BCUT2D eigenvalue weighted by molar-refractivity contribution is 0.0524. The summed E-state index contributed by atoms with van der Waals surface area (Å²) in [5.74, 6) is -0.332. The van der Waals surface area contributed by atoms with E-state index in [1.165, 1.54) is 4.90 Å². The van der Waals surface area contributed by atoms with Crippen LogP contribution in [0, 0.1) is 0 Å². The number of nitrogens with zero attached hydrogens (tertiary/aromatic N) is 2. The maximum Gasteiger partial charge on any atom is 0.261 e. The molecule has 1 aliphatic rings. The minimum atomic E-state index is -0.166. The second-order valence-corrected chi connectivity index (χ2v) is 9.25. The van der Waals surface area contributed by atoms with Crippen LogP contribution in [-0.4, -0.2) is 27.7 Å². The number of imide groups is 1. The molecule has 0 bridgehead atoms. The summed E-state index contributed by atoms with van der Waals surface area (Å²) in [5.41, 5.74) is 5.48. The lowest BCUT2D eigenvalue weighted by Crippen LogP contribution is -2.46. The largest absolute Gasteiger partial charge is 0.271 e. The van der Waals surface area contributed by atoms with Gasteiger partial charge in [0.1, 0.15) is 0 Å². The van der Waals surface area contributed by atoms with Gasteiger partial charge in [0.05, 0.1) is 0 Å². The Hall–Kier alpha value is -3.79. The van der Waals surface area contributed by atoms with E-state index in [-0.39, 0.29) is 17.9 Å². The first-order valence-electron chi connectivity index (χ1n) is 12.6. The Morgan fingerprint density at radius 1 is 0.743 bits per heavy atom. The number of unbranched alkanes of at least 4 members (excludes halogenated alkanes) is 2. The highest BCUT2D eigenvalue weighted by Crippen LogP contribution is 2.38. The molecule has 4 heteroatoms. The first-order valence-corrected chi connectivity index (χ1v) is 12.6.